The fraction of sp³-hybridized carbons (Fsp3) is 0.286. The van der Waals surface area contributed by atoms with Crippen LogP contribution in [0.5, 0.6) is 5.75 Å². The third kappa shape index (κ3) is 3.84. The highest BCUT2D eigenvalue weighted by atomic mass is 16.5. The molecule has 5 heteroatoms. The van der Waals surface area contributed by atoms with Crippen LogP contribution in [0.1, 0.15) is 17.5 Å². The summed E-state index contributed by atoms with van der Waals surface area (Å²) in [6.45, 7) is 1.74. The molecule has 0 amide bonds. The van der Waals surface area contributed by atoms with E-state index in [1.807, 2.05) is 0 Å². The molecule has 0 fully saturated rings. The van der Waals surface area contributed by atoms with E-state index < -0.39 is 11.9 Å². The van der Waals surface area contributed by atoms with Crippen molar-refractivity contribution in [3.63, 3.8) is 0 Å². The van der Waals surface area contributed by atoms with Crippen LogP contribution in [0.2, 0.25) is 0 Å². The van der Waals surface area contributed by atoms with E-state index in [4.69, 9.17) is 0 Å². The van der Waals surface area contributed by atoms with Gasteiger partial charge in [-0.15, -0.1) is 0 Å². The lowest BCUT2D eigenvalue weighted by Gasteiger charge is -2.07. The molecular weight excluding hydrogens is 248 g/mol. The standard InChI is InChI=1S/C14H16O5/c1-9-5-4-6-10(13(9)16)7-11(14(17)19-3)8-12(15)18-2/h4-7,16H,8H2,1-3H3/b11-7-. The molecule has 19 heavy (non-hydrogen) atoms. The zero-order valence-corrected chi connectivity index (χ0v) is 11.1. The number of phenols is 1. The van der Waals surface area contributed by atoms with Gasteiger partial charge in [0.2, 0.25) is 0 Å². The first kappa shape index (κ1) is 14.8. The summed E-state index contributed by atoms with van der Waals surface area (Å²) in [6.07, 6.45) is 1.21. The highest BCUT2D eigenvalue weighted by Gasteiger charge is 2.16. The number of benzene rings is 1. The van der Waals surface area contributed by atoms with Gasteiger partial charge in [0, 0.05) is 11.1 Å². The minimum Gasteiger partial charge on any atom is -0.507 e. The molecule has 0 unspecified atom stereocenters. The molecule has 0 radical (unpaired) electrons. The van der Waals surface area contributed by atoms with Crippen LogP contribution in [0.4, 0.5) is 0 Å². The van der Waals surface area contributed by atoms with Gasteiger partial charge in [-0.1, -0.05) is 18.2 Å². The predicted octanol–water partition coefficient (Wildman–Crippen LogP) is 1.82. The topological polar surface area (TPSA) is 72.8 Å². The van der Waals surface area contributed by atoms with Gasteiger partial charge in [-0.2, -0.15) is 0 Å². The van der Waals surface area contributed by atoms with Crippen molar-refractivity contribution >= 4 is 18.0 Å². The van der Waals surface area contributed by atoms with E-state index in [1.54, 1.807) is 25.1 Å². The van der Waals surface area contributed by atoms with E-state index in [2.05, 4.69) is 9.47 Å². The van der Waals surface area contributed by atoms with Gasteiger partial charge < -0.3 is 14.6 Å². The summed E-state index contributed by atoms with van der Waals surface area (Å²) in [6, 6.07) is 5.13. The van der Waals surface area contributed by atoms with E-state index in [1.165, 1.54) is 20.3 Å². The number of aryl methyl sites for hydroxylation is 1. The van der Waals surface area contributed by atoms with Gasteiger partial charge in [-0.25, -0.2) is 4.79 Å². The highest BCUT2D eigenvalue weighted by molar-refractivity contribution is 5.98. The van der Waals surface area contributed by atoms with Crippen molar-refractivity contribution in [3.8, 4) is 5.75 Å². The number of ether oxygens (including phenoxy) is 2. The Balaban J connectivity index is 3.16. The average molecular weight is 264 g/mol. The van der Waals surface area contributed by atoms with Crippen LogP contribution in [0.3, 0.4) is 0 Å². The van der Waals surface area contributed by atoms with Crippen LogP contribution in [0.25, 0.3) is 6.08 Å². The molecule has 0 saturated heterocycles. The maximum Gasteiger partial charge on any atom is 0.334 e. The Labute approximate surface area is 111 Å². The van der Waals surface area contributed by atoms with E-state index in [-0.39, 0.29) is 17.7 Å². The molecule has 0 heterocycles. The normalized spacial score (nSPS) is 11.0. The lowest BCUT2D eigenvalue weighted by molar-refractivity contribution is -0.143. The summed E-state index contributed by atoms with van der Waals surface area (Å²) >= 11 is 0. The maximum atomic E-state index is 11.6. The van der Waals surface area contributed by atoms with Crippen molar-refractivity contribution in [1.82, 2.24) is 0 Å². The number of hydrogen-bond donors (Lipinski definition) is 1. The molecule has 0 saturated carbocycles. The molecular formula is C14H16O5. The summed E-state index contributed by atoms with van der Waals surface area (Å²) < 4.78 is 9.12. The zero-order chi connectivity index (χ0) is 14.4. The molecule has 0 spiro atoms. The molecule has 0 atom stereocenters. The molecule has 0 aliphatic rings. The average Bonchev–Trinajstić information content (AvgIpc) is 2.41. The number of phenolic OH excluding ortho intramolecular Hbond substituents is 1. The Bertz CT molecular complexity index is 517. The van der Waals surface area contributed by atoms with Crippen LogP contribution in [0.15, 0.2) is 23.8 Å². The molecule has 102 valence electrons. The Kier molecular flexibility index (Phi) is 5.11. The third-order valence-corrected chi connectivity index (χ3v) is 2.61. The molecule has 0 aliphatic carbocycles. The first-order valence-corrected chi connectivity index (χ1v) is 5.64. The highest BCUT2D eigenvalue weighted by Crippen LogP contribution is 2.24. The quantitative estimate of drug-likeness (QED) is 0.663. The second-order valence-electron chi connectivity index (χ2n) is 3.93. The number of aromatic hydroxyl groups is 1. The molecule has 0 bridgehead atoms. The van der Waals surface area contributed by atoms with Crippen LogP contribution >= 0.6 is 0 Å². The predicted molar refractivity (Wildman–Crippen MR) is 69.5 cm³/mol. The molecule has 5 nitrogen and oxygen atoms in total. The van der Waals surface area contributed by atoms with Crippen LogP contribution in [0, 0.1) is 6.92 Å². The summed E-state index contributed by atoms with van der Waals surface area (Å²) in [5, 5.41) is 9.88. The Morgan fingerprint density at radius 3 is 2.53 bits per heavy atom. The number of para-hydroxylation sites is 1. The van der Waals surface area contributed by atoms with Crippen molar-refractivity contribution in [1.29, 1.82) is 0 Å². The summed E-state index contributed by atoms with van der Waals surface area (Å²) in [4.78, 5) is 22.8. The Hall–Kier alpha value is -2.30. The number of hydrogen-bond acceptors (Lipinski definition) is 5. The molecule has 1 aromatic rings. The molecule has 0 aliphatic heterocycles. The number of esters is 2. The van der Waals surface area contributed by atoms with E-state index in [0.29, 0.717) is 11.1 Å². The largest absolute Gasteiger partial charge is 0.507 e. The minimum atomic E-state index is -0.633. The number of methoxy groups -OCH3 is 2. The van der Waals surface area contributed by atoms with Crippen molar-refractivity contribution in [2.75, 3.05) is 14.2 Å². The Morgan fingerprint density at radius 2 is 1.95 bits per heavy atom. The minimum absolute atomic E-state index is 0.0637. The molecule has 1 aromatic carbocycles. The van der Waals surface area contributed by atoms with Crippen molar-refractivity contribution in [3.05, 3.63) is 34.9 Å². The third-order valence-electron chi connectivity index (χ3n) is 2.61. The molecule has 1 N–H and O–H groups in total. The molecule has 0 aromatic heterocycles. The number of carbonyl (C=O) groups is 2. The summed E-state index contributed by atoms with van der Waals surface area (Å²) in [7, 11) is 2.46. The van der Waals surface area contributed by atoms with Gasteiger partial charge in [0.15, 0.2) is 0 Å². The smallest absolute Gasteiger partial charge is 0.334 e. The van der Waals surface area contributed by atoms with Crippen LogP contribution in [-0.4, -0.2) is 31.3 Å². The number of rotatable bonds is 4. The van der Waals surface area contributed by atoms with Gasteiger partial charge in [0.1, 0.15) is 5.75 Å². The van der Waals surface area contributed by atoms with Crippen molar-refractivity contribution in [2.45, 2.75) is 13.3 Å². The zero-order valence-electron chi connectivity index (χ0n) is 11.1. The SMILES string of the molecule is COC(=O)C/C(=C/c1cccc(C)c1O)C(=O)OC. The number of carbonyl (C=O) groups excluding carboxylic acids is 2. The van der Waals surface area contributed by atoms with Crippen LogP contribution in [-0.2, 0) is 19.1 Å². The van der Waals surface area contributed by atoms with Gasteiger partial charge in [0.05, 0.1) is 20.6 Å². The maximum absolute atomic E-state index is 11.6. The lowest BCUT2D eigenvalue weighted by Crippen LogP contribution is -2.11. The van der Waals surface area contributed by atoms with Crippen molar-refractivity contribution < 1.29 is 24.2 Å². The Morgan fingerprint density at radius 1 is 1.26 bits per heavy atom. The fourth-order valence-corrected chi connectivity index (χ4v) is 1.53. The van der Waals surface area contributed by atoms with E-state index in [9.17, 15) is 14.7 Å². The van der Waals surface area contributed by atoms with Crippen LogP contribution < -0.4 is 0 Å². The summed E-state index contributed by atoms with van der Waals surface area (Å²) in [5.74, 6) is -1.12. The van der Waals surface area contributed by atoms with Gasteiger partial charge in [-0.3, -0.25) is 4.79 Å². The van der Waals surface area contributed by atoms with E-state index in [0.717, 1.165) is 0 Å². The van der Waals surface area contributed by atoms with Gasteiger partial charge >= 0.3 is 11.9 Å². The second-order valence-corrected chi connectivity index (χ2v) is 3.93. The monoisotopic (exact) mass is 264 g/mol. The van der Waals surface area contributed by atoms with Gasteiger partial charge in [0.25, 0.3) is 0 Å². The second kappa shape index (κ2) is 6.58. The van der Waals surface area contributed by atoms with E-state index >= 15 is 0 Å². The lowest BCUT2D eigenvalue weighted by atomic mass is 10.0. The molecule has 1 rings (SSSR count). The summed E-state index contributed by atoms with van der Waals surface area (Å²) in [5.41, 5.74) is 1.25. The van der Waals surface area contributed by atoms with Gasteiger partial charge in [-0.05, 0) is 18.6 Å². The fourth-order valence-electron chi connectivity index (χ4n) is 1.53. The van der Waals surface area contributed by atoms with Crippen molar-refractivity contribution in [2.24, 2.45) is 0 Å². The first-order chi connectivity index (χ1) is 8.99. The first-order valence-electron chi connectivity index (χ1n) is 5.64.